The topological polar surface area (TPSA) is 51.6 Å². The maximum absolute atomic E-state index is 9.00. The molecule has 1 aromatic carbocycles. The van der Waals surface area contributed by atoms with Gasteiger partial charge in [-0.3, -0.25) is 0 Å². The van der Waals surface area contributed by atoms with Crippen LogP contribution in [0.2, 0.25) is 5.02 Å². The van der Waals surface area contributed by atoms with Gasteiger partial charge < -0.3 is 14.6 Å². The number of aromatic nitrogens is 1. The maximum Gasteiger partial charge on any atom is 0.213 e. The Labute approximate surface area is 116 Å². The molecule has 5 heteroatoms. The first-order chi connectivity index (χ1) is 9.22. The smallest absolute Gasteiger partial charge is 0.213 e. The van der Waals surface area contributed by atoms with Gasteiger partial charge in [0.2, 0.25) is 5.88 Å². The summed E-state index contributed by atoms with van der Waals surface area (Å²) in [7, 11) is 1.57. The van der Waals surface area contributed by atoms with Crippen LogP contribution >= 0.6 is 11.6 Å². The molecule has 0 saturated carbocycles. The van der Waals surface area contributed by atoms with Gasteiger partial charge in [0.15, 0.2) is 0 Å². The molecular formula is C14H14ClNO3. The van der Waals surface area contributed by atoms with E-state index >= 15 is 0 Å². The van der Waals surface area contributed by atoms with Gasteiger partial charge in [-0.15, -0.1) is 0 Å². The molecule has 2 aromatic rings. The van der Waals surface area contributed by atoms with Gasteiger partial charge in [0.25, 0.3) is 0 Å². The maximum atomic E-state index is 9.00. The predicted molar refractivity (Wildman–Crippen MR) is 72.5 cm³/mol. The number of rotatable bonds is 5. The lowest BCUT2D eigenvalue weighted by atomic mass is 10.2. The van der Waals surface area contributed by atoms with E-state index in [4.69, 9.17) is 26.2 Å². The van der Waals surface area contributed by atoms with E-state index in [1.54, 1.807) is 31.4 Å². The van der Waals surface area contributed by atoms with Crippen molar-refractivity contribution in [2.45, 2.75) is 13.2 Å². The standard InChI is InChI=1S/C14H14ClNO3/c1-18-14-4-2-3-11(16-14)9-19-13-6-5-10(8-17)7-12(13)15/h2-7,17H,8-9H2,1H3. The van der Waals surface area contributed by atoms with Gasteiger partial charge in [-0.1, -0.05) is 23.7 Å². The summed E-state index contributed by atoms with van der Waals surface area (Å²) in [6, 6.07) is 10.6. The molecule has 0 aliphatic carbocycles. The molecule has 2 rings (SSSR count). The average Bonchev–Trinajstić information content (AvgIpc) is 2.46. The van der Waals surface area contributed by atoms with Crippen LogP contribution in [0.4, 0.5) is 0 Å². The van der Waals surface area contributed by atoms with Crippen molar-refractivity contribution in [1.82, 2.24) is 4.98 Å². The molecule has 100 valence electrons. The van der Waals surface area contributed by atoms with Gasteiger partial charge in [0.05, 0.1) is 24.4 Å². The molecule has 19 heavy (non-hydrogen) atoms. The van der Waals surface area contributed by atoms with Gasteiger partial charge in [-0.05, 0) is 23.8 Å². The van der Waals surface area contributed by atoms with E-state index in [0.717, 1.165) is 11.3 Å². The lowest BCUT2D eigenvalue weighted by Gasteiger charge is -2.09. The van der Waals surface area contributed by atoms with Gasteiger partial charge >= 0.3 is 0 Å². The largest absolute Gasteiger partial charge is 0.486 e. The van der Waals surface area contributed by atoms with Crippen LogP contribution < -0.4 is 9.47 Å². The Bertz CT molecular complexity index is 560. The fraction of sp³-hybridized carbons (Fsp3) is 0.214. The predicted octanol–water partition coefficient (Wildman–Crippen LogP) is 2.81. The van der Waals surface area contributed by atoms with E-state index in [9.17, 15) is 0 Å². The molecule has 0 saturated heterocycles. The van der Waals surface area contributed by atoms with Gasteiger partial charge in [-0.25, -0.2) is 4.98 Å². The number of methoxy groups -OCH3 is 1. The SMILES string of the molecule is COc1cccc(COc2ccc(CO)cc2Cl)n1. The lowest BCUT2D eigenvalue weighted by Crippen LogP contribution is -2.00. The molecule has 0 atom stereocenters. The first-order valence-corrected chi connectivity index (χ1v) is 6.12. The highest BCUT2D eigenvalue weighted by molar-refractivity contribution is 6.32. The third-order valence-electron chi connectivity index (χ3n) is 2.54. The second-order valence-corrected chi connectivity index (χ2v) is 4.29. The van der Waals surface area contributed by atoms with Crippen LogP contribution in [0.25, 0.3) is 0 Å². The summed E-state index contributed by atoms with van der Waals surface area (Å²) >= 11 is 6.05. The van der Waals surface area contributed by atoms with Crippen molar-refractivity contribution >= 4 is 11.6 Å². The highest BCUT2D eigenvalue weighted by atomic mass is 35.5. The molecule has 0 fully saturated rings. The highest BCUT2D eigenvalue weighted by Gasteiger charge is 2.04. The molecular weight excluding hydrogens is 266 g/mol. The molecule has 0 unspecified atom stereocenters. The normalized spacial score (nSPS) is 10.3. The van der Waals surface area contributed by atoms with Crippen LogP contribution in [0.15, 0.2) is 36.4 Å². The number of ether oxygens (including phenoxy) is 2. The third kappa shape index (κ3) is 3.59. The van der Waals surface area contributed by atoms with E-state index in [-0.39, 0.29) is 6.61 Å². The van der Waals surface area contributed by atoms with Gasteiger partial charge in [0, 0.05) is 6.07 Å². The van der Waals surface area contributed by atoms with E-state index < -0.39 is 0 Å². The minimum absolute atomic E-state index is 0.0442. The molecule has 0 aliphatic rings. The summed E-state index contributed by atoms with van der Waals surface area (Å²) in [6.07, 6.45) is 0. The van der Waals surface area contributed by atoms with Crippen molar-refractivity contribution in [2.75, 3.05) is 7.11 Å². The van der Waals surface area contributed by atoms with Crippen LogP contribution in [-0.2, 0) is 13.2 Å². The minimum atomic E-state index is -0.0442. The Morgan fingerprint density at radius 3 is 2.79 bits per heavy atom. The van der Waals surface area contributed by atoms with Crippen molar-refractivity contribution in [3.05, 3.63) is 52.7 Å². The van der Waals surface area contributed by atoms with Crippen molar-refractivity contribution in [3.63, 3.8) is 0 Å². The molecule has 0 radical (unpaired) electrons. The zero-order valence-electron chi connectivity index (χ0n) is 10.5. The Hall–Kier alpha value is -1.78. The highest BCUT2D eigenvalue weighted by Crippen LogP contribution is 2.26. The first kappa shape index (κ1) is 13.6. The summed E-state index contributed by atoms with van der Waals surface area (Å²) in [5, 5.41) is 9.46. The Morgan fingerprint density at radius 2 is 2.11 bits per heavy atom. The van der Waals surface area contributed by atoms with Crippen LogP contribution in [-0.4, -0.2) is 17.2 Å². The van der Waals surface area contributed by atoms with Crippen molar-refractivity contribution in [2.24, 2.45) is 0 Å². The summed E-state index contributed by atoms with van der Waals surface area (Å²) in [5.74, 6) is 1.10. The summed E-state index contributed by atoms with van der Waals surface area (Å²) < 4.78 is 10.6. The second-order valence-electron chi connectivity index (χ2n) is 3.88. The number of pyridine rings is 1. The van der Waals surface area contributed by atoms with Crippen LogP contribution in [0.3, 0.4) is 0 Å². The number of aliphatic hydroxyl groups excluding tert-OH is 1. The van der Waals surface area contributed by atoms with E-state index in [2.05, 4.69) is 4.98 Å². The number of halogens is 1. The average molecular weight is 280 g/mol. The van der Waals surface area contributed by atoms with E-state index in [1.165, 1.54) is 0 Å². The van der Waals surface area contributed by atoms with Crippen LogP contribution in [0.1, 0.15) is 11.3 Å². The molecule has 1 aromatic heterocycles. The molecule has 0 amide bonds. The molecule has 4 nitrogen and oxygen atoms in total. The fourth-order valence-electron chi connectivity index (χ4n) is 1.56. The monoisotopic (exact) mass is 279 g/mol. The third-order valence-corrected chi connectivity index (χ3v) is 2.84. The molecule has 0 bridgehead atoms. The Kier molecular flexibility index (Phi) is 4.60. The van der Waals surface area contributed by atoms with Crippen LogP contribution in [0.5, 0.6) is 11.6 Å². The summed E-state index contributed by atoms with van der Waals surface area (Å²) in [6.45, 7) is 0.257. The summed E-state index contributed by atoms with van der Waals surface area (Å²) in [4.78, 5) is 4.24. The zero-order valence-corrected chi connectivity index (χ0v) is 11.2. The lowest BCUT2D eigenvalue weighted by molar-refractivity contribution is 0.280. The quantitative estimate of drug-likeness (QED) is 0.914. The number of benzene rings is 1. The van der Waals surface area contributed by atoms with Gasteiger partial charge in [0.1, 0.15) is 12.4 Å². The zero-order chi connectivity index (χ0) is 13.7. The number of nitrogens with zero attached hydrogens (tertiary/aromatic N) is 1. The van der Waals surface area contributed by atoms with E-state index in [0.29, 0.717) is 23.3 Å². The Balaban J connectivity index is 2.05. The number of hydrogen-bond acceptors (Lipinski definition) is 4. The fourth-order valence-corrected chi connectivity index (χ4v) is 1.82. The molecule has 1 N–H and O–H groups in total. The number of aliphatic hydroxyl groups is 1. The van der Waals surface area contributed by atoms with Crippen LogP contribution in [0, 0.1) is 0 Å². The molecule has 0 spiro atoms. The number of hydrogen-bond donors (Lipinski definition) is 1. The first-order valence-electron chi connectivity index (χ1n) is 5.75. The van der Waals surface area contributed by atoms with E-state index in [1.807, 2.05) is 12.1 Å². The Morgan fingerprint density at radius 1 is 1.26 bits per heavy atom. The minimum Gasteiger partial charge on any atom is -0.486 e. The summed E-state index contributed by atoms with van der Waals surface area (Å²) in [5.41, 5.74) is 1.50. The van der Waals surface area contributed by atoms with Crippen molar-refractivity contribution < 1.29 is 14.6 Å². The molecule has 1 heterocycles. The van der Waals surface area contributed by atoms with Crippen molar-refractivity contribution in [3.8, 4) is 11.6 Å². The van der Waals surface area contributed by atoms with Crippen molar-refractivity contribution in [1.29, 1.82) is 0 Å². The van der Waals surface area contributed by atoms with Gasteiger partial charge in [-0.2, -0.15) is 0 Å². The second kappa shape index (κ2) is 6.41. The molecule has 0 aliphatic heterocycles.